The summed E-state index contributed by atoms with van der Waals surface area (Å²) in [5.74, 6) is -0.325. The molecular formula is C21H20FN5O2. The van der Waals surface area contributed by atoms with Gasteiger partial charge < -0.3 is 9.80 Å². The van der Waals surface area contributed by atoms with Crippen molar-refractivity contribution in [2.75, 3.05) is 26.2 Å². The highest BCUT2D eigenvalue weighted by molar-refractivity contribution is 5.95. The third-order valence-electron chi connectivity index (χ3n) is 4.94. The molecule has 2 aromatic heterocycles. The fourth-order valence-electron chi connectivity index (χ4n) is 3.37. The van der Waals surface area contributed by atoms with Crippen molar-refractivity contribution in [2.45, 2.75) is 6.42 Å². The number of benzene rings is 1. The zero-order valence-electron chi connectivity index (χ0n) is 15.7. The zero-order chi connectivity index (χ0) is 20.2. The molecule has 3 heterocycles. The van der Waals surface area contributed by atoms with Crippen LogP contribution in [0, 0.1) is 5.82 Å². The first kappa shape index (κ1) is 18.8. The van der Waals surface area contributed by atoms with Crippen LogP contribution in [0.25, 0.3) is 5.82 Å². The molecule has 1 aliphatic rings. The average Bonchev–Trinajstić information content (AvgIpc) is 3.18. The number of aromatic nitrogens is 3. The highest BCUT2D eigenvalue weighted by atomic mass is 19.1. The minimum absolute atomic E-state index is 0.0616. The minimum atomic E-state index is -0.529. The van der Waals surface area contributed by atoms with Gasteiger partial charge in [0.1, 0.15) is 18.0 Å². The van der Waals surface area contributed by atoms with E-state index in [1.54, 1.807) is 63.6 Å². The molecule has 0 spiro atoms. The van der Waals surface area contributed by atoms with Crippen LogP contribution in [0.1, 0.15) is 27.1 Å². The smallest absolute Gasteiger partial charge is 0.256 e. The van der Waals surface area contributed by atoms with Gasteiger partial charge >= 0.3 is 0 Å². The van der Waals surface area contributed by atoms with Crippen LogP contribution in [0.15, 0.2) is 61.3 Å². The van der Waals surface area contributed by atoms with E-state index in [9.17, 15) is 14.0 Å². The van der Waals surface area contributed by atoms with Crippen LogP contribution in [0.3, 0.4) is 0 Å². The Kier molecular flexibility index (Phi) is 5.33. The van der Waals surface area contributed by atoms with Crippen molar-refractivity contribution in [1.29, 1.82) is 0 Å². The van der Waals surface area contributed by atoms with Crippen LogP contribution < -0.4 is 0 Å². The van der Waals surface area contributed by atoms with Gasteiger partial charge in [-0.05, 0) is 30.7 Å². The van der Waals surface area contributed by atoms with Gasteiger partial charge in [-0.25, -0.2) is 14.4 Å². The van der Waals surface area contributed by atoms with Gasteiger partial charge in [0.05, 0.1) is 11.1 Å². The summed E-state index contributed by atoms with van der Waals surface area (Å²) < 4.78 is 15.7. The van der Waals surface area contributed by atoms with Crippen LogP contribution in [-0.2, 0) is 0 Å². The molecule has 0 N–H and O–H groups in total. The molecule has 3 aromatic rings. The van der Waals surface area contributed by atoms with Crippen molar-refractivity contribution >= 4 is 11.8 Å². The zero-order valence-corrected chi connectivity index (χ0v) is 15.7. The number of halogens is 1. The fraction of sp³-hybridized carbons (Fsp3) is 0.238. The Morgan fingerprint density at radius 2 is 1.69 bits per heavy atom. The molecule has 1 saturated heterocycles. The molecule has 0 unspecified atom stereocenters. The number of carbonyl (C=O) groups excluding carboxylic acids is 2. The van der Waals surface area contributed by atoms with Crippen LogP contribution in [0.2, 0.25) is 0 Å². The van der Waals surface area contributed by atoms with E-state index in [1.807, 2.05) is 0 Å². The molecule has 4 rings (SSSR count). The van der Waals surface area contributed by atoms with Gasteiger partial charge in [0.25, 0.3) is 11.8 Å². The second-order valence-corrected chi connectivity index (χ2v) is 6.79. The van der Waals surface area contributed by atoms with E-state index in [4.69, 9.17) is 0 Å². The molecule has 0 aliphatic carbocycles. The first-order chi connectivity index (χ1) is 14.1. The molecule has 7 nitrogen and oxygen atoms in total. The van der Waals surface area contributed by atoms with E-state index in [-0.39, 0.29) is 17.4 Å². The Morgan fingerprint density at radius 1 is 0.931 bits per heavy atom. The molecule has 0 bridgehead atoms. The molecule has 29 heavy (non-hydrogen) atoms. The highest BCUT2D eigenvalue weighted by Crippen LogP contribution is 2.14. The predicted octanol–water partition coefficient (Wildman–Crippen LogP) is 2.39. The maximum atomic E-state index is 13.9. The predicted molar refractivity (Wildman–Crippen MR) is 104 cm³/mol. The second-order valence-electron chi connectivity index (χ2n) is 6.79. The SMILES string of the molecule is O=C(c1ccc(-n2ccnc2)nc1)N1CCCN(C(=O)c2ccccc2F)CC1. The van der Waals surface area contributed by atoms with Crippen molar-refractivity contribution in [2.24, 2.45) is 0 Å². The van der Waals surface area contributed by atoms with Crippen molar-refractivity contribution < 1.29 is 14.0 Å². The number of imidazole rings is 1. The lowest BCUT2D eigenvalue weighted by molar-refractivity contribution is 0.0716. The van der Waals surface area contributed by atoms with E-state index in [1.165, 1.54) is 12.1 Å². The molecule has 0 saturated carbocycles. The monoisotopic (exact) mass is 393 g/mol. The first-order valence-electron chi connectivity index (χ1n) is 9.41. The molecule has 1 aromatic carbocycles. The Bertz CT molecular complexity index is 1000. The number of nitrogens with zero attached hydrogens (tertiary/aromatic N) is 5. The summed E-state index contributed by atoms with van der Waals surface area (Å²) in [4.78, 5) is 37.1. The maximum absolute atomic E-state index is 13.9. The Hall–Kier alpha value is -3.55. The summed E-state index contributed by atoms with van der Waals surface area (Å²) in [6.07, 6.45) is 7.25. The third-order valence-corrected chi connectivity index (χ3v) is 4.94. The Balaban J connectivity index is 1.42. The van der Waals surface area contributed by atoms with E-state index < -0.39 is 5.82 Å². The molecule has 1 fully saturated rings. The first-order valence-corrected chi connectivity index (χ1v) is 9.41. The summed E-state index contributed by atoms with van der Waals surface area (Å²) in [6, 6.07) is 9.46. The standard InChI is InChI=1S/C21H20FN5O2/c22-18-5-2-1-4-17(18)21(29)26-10-3-9-25(12-13-26)20(28)16-6-7-19(24-14-16)27-11-8-23-15-27/h1-2,4-8,11,14-15H,3,9-10,12-13H2. The maximum Gasteiger partial charge on any atom is 0.256 e. The number of hydrogen-bond donors (Lipinski definition) is 0. The average molecular weight is 393 g/mol. The molecule has 8 heteroatoms. The van der Waals surface area contributed by atoms with Crippen molar-refractivity contribution in [3.8, 4) is 5.82 Å². The number of amides is 2. The minimum Gasteiger partial charge on any atom is -0.337 e. The van der Waals surface area contributed by atoms with E-state index in [0.717, 1.165) is 0 Å². The summed E-state index contributed by atoms with van der Waals surface area (Å²) >= 11 is 0. The molecule has 148 valence electrons. The lowest BCUT2D eigenvalue weighted by Crippen LogP contribution is -2.37. The fourth-order valence-corrected chi connectivity index (χ4v) is 3.37. The highest BCUT2D eigenvalue weighted by Gasteiger charge is 2.25. The topological polar surface area (TPSA) is 71.3 Å². The molecular weight excluding hydrogens is 373 g/mol. The van der Waals surface area contributed by atoms with Crippen molar-refractivity contribution in [3.63, 3.8) is 0 Å². The van der Waals surface area contributed by atoms with E-state index in [0.29, 0.717) is 44.0 Å². The summed E-state index contributed by atoms with van der Waals surface area (Å²) in [6.45, 7) is 1.76. The number of carbonyl (C=O) groups is 2. The summed E-state index contributed by atoms with van der Waals surface area (Å²) in [5.41, 5.74) is 0.550. The molecule has 0 atom stereocenters. The van der Waals surface area contributed by atoms with Gasteiger partial charge in [0, 0.05) is 44.8 Å². The number of rotatable bonds is 3. The van der Waals surface area contributed by atoms with Gasteiger partial charge in [-0.1, -0.05) is 12.1 Å². The van der Waals surface area contributed by atoms with Crippen LogP contribution in [0.5, 0.6) is 0 Å². The summed E-state index contributed by atoms with van der Waals surface area (Å²) in [5, 5.41) is 0. The van der Waals surface area contributed by atoms with Gasteiger partial charge in [-0.2, -0.15) is 0 Å². The quantitative estimate of drug-likeness (QED) is 0.685. The third kappa shape index (κ3) is 4.01. The lowest BCUT2D eigenvalue weighted by atomic mass is 10.2. The van der Waals surface area contributed by atoms with Crippen molar-refractivity contribution in [1.82, 2.24) is 24.3 Å². The van der Waals surface area contributed by atoms with Gasteiger partial charge in [0.2, 0.25) is 0 Å². The van der Waals surface area contributed by atoms with Gasteiger partial charge in [0.15, 0.2) is 0 Å². The largest absolute Gasteiger partial charge is 0.337 e. The Labute approximate surface area is 167 Å². The van der Waals surface area contributed by atoms with Crippen molar-refractivity contribution in [3.05, 3.63) is 78.3 Å². The second kappa shape index (κ2) is 8.22. The van der Waals surface area contributed by atoms with Crippen LogP contribution in [0.4, 0.5) is 4.39 Å². The molecule has 1 aliphatic heterocycles. The number of pyridine rings is 1. The Morgan fingerprint density at radius 3 is 2.34 bits per heavy atom. The van der Waals surface area contributed by atoms with Gasteiger partial charge in [-0.15, -0.1) is 0 Å². The molecule has 0 radical (unpaired) electrons. The summed E-state index contributed by atoms with van der Waals surface area (Å²) in [7, 11) is 0. The van der Waals surface area contributed by atoms with Gasteiger partial charge in [-0.3, -0.25) is 14.2 Å². The normalized spacial score (nSPS) is 14.5. The lowest BCUT2D eigenvalue weighted by Gasteiger charge is -2.22. The van der Waals surface area contributed by atoms with E-state index in [2.05, 4.69) is 9.97 Å². The number of hydrogen-bond acceptors (Lipinski definition) is 4. The van der Waals surface area contributed by atoms with E-state index >= 15 is 0 Å². The van der Waals surface area contributed by atoms with Crippen LogP contribution >= 0.6 is 0 Å². The molecule has 2 amide bonds. The van der Waals surface area contributed by atoms with Crippen LogP contribution in [-0.4, -0.2) is 62.3 Å².